The van der Waals surface area contributed by atoms with Gasteiger partial charge >= 0.3 is 0 Å². The van der Waals surface area contributed by atoms with Crippen LogP contribution in [-0.4, -0.2) is 34.0 Å². The third-order valence-electron chi connectivity index (χ3n) is 6.66. The lowest BCUT2D eigenvalue weighted by atomic mass is 9.96. The molecule has 3 heterocycles. The molecule has 0 unspecified atom stereocenters. The van der Waals surface area contributed by atoms with Crippen LogP contribution in [0.3, 0.4) is 0 Å². The molecule has 184 valence electrons. The Labute approximate surface area is 215 Å². The van der Waals surface area contributed by atoms with E-state index in [1.165, 1.54) is 0 Å². The summed E-state index contributed by atoms with van der Waals surface area (Å²) in [6.45, 7) is 4.10. The Morgan fingerprint density at radius 3 is 2.42 bits per heavy atom. The quantitative estimate of drug-likeness (QED) is 0.344. The third-order valence-corrected chi connectivity index (χ3v) is 6.97. The van der Waals surface area contributed by atoms with Crippen LogP contribution in [0.4, 0.5) is 5.69 Å². The molecule has 2 atom stereocenters. The van der Waals surface area contributed by atoms with Gasteiger partial charge in [0.25, 0.3) is 0 Å². The number of phenols is 1. The number of aromatic nitrogens is 2. The summed E-state index contributed by atoms with van der Waals surface area (Å²) in [7, 11) is 3.29. The lowest BCUT2D eigenvalue weighted by molar-refractivity contribution is 0.403. The van der Waals surface area contributed by atoms with Crippen molar-refractivity contribution in [2.45, 2.75) is 25.9 Å². The molecule has 1 saturated heterocycles. The molecule has 2 aromatic carbocycles. The number of hydrogen-bond acceptors (Lipinski definition) is 5. The molecule has 2 N–H and O–H groups in total. The Bertz CT molecular complexity index is 1420. The van der Waals surface area contributed by atoms with Crippen molar-refractivity contribution in [1.29, 1.82) is 0 Å². The van der Waals surface area contributed by atoms with Crippen molar-refractivity contribution in [2.24, 2.45) is 0 Å². The van der Waals surface area contributed by atoms with Crippen molar-refractivity contribution in [3.8, 4) is 22.9 Å². The number of ether oxygens (including phenoxy) is 2. The summed E-state index contributed by atoms with van der Waals surface area (Å²) in [4.78, 5) is 6.73. The molecular weight excluding hydrogens is 472 g/mol. The zero-order valence-electron chi connectivity index (χ0n) is 20.6. The highest BCUT2D eigenvalue weighted by molar-refractivity contribution is 7.80. The minimum atomic E-state index is -0.237. The molecule has 0 spiro atoms. The summed E-state index contributed by atoms with van der Waals surface area (Å²) in [5, 5.41) is 14.7. The minimum absolute atomic E-state index is 0.215. The van der Waals surface area contributed by atoms with Gasteiger partial charge in [-0.05, 0) is 74.1 Å². The number of aromatic hydroxyl groups is 1. The highest BCUT2D eigenvalue weighted by atomic mass is 32.1. The summed E-state index contributed by atoms with van der Waals surface area (Å²) in [5.41, 5.74) is 5.46. The van der Waals surface area contributed by atoms with E-state index < -0.39 is 0 Å². The molecule has 2 aromatic heterocycles. The topological polar surface area (TPSA) is 71.8 Å². The molecule has 4 aromatic rings. The predicted molar refractivity (Wildman–Crippen MR) is 144 cm³/mol. The van der Waals surface area contributed by atoms with Crippen LogP contribution in [0.5, 0.6) is 17.2 Å². The minimum Gasteiger partial charge on any atom is -0.506 e. The number of anilines is 1. The number of methoxy groups -OCH3 is 2. The fourth-order valence-corrected chi connectivity index (χ4v) is 5.37. The number of pyridine rings is 1. The van der Waals surface area contributed by atoms with Gasteiger partial charge in [-0.3, -0.25) is 4.98 Å². The standard InChI is InChI=1S/C28H28N4O3S/c1-17-15-20(18(2)31(17)22-10-5-6-11-24(22)33)27-26(21-9-7-8-14-29-21)30-28(36)32(27)23-16-19(34-3)12-13-25(23)35-4/h5-16,26-27,33H,1-4H3,(H,30,36)/t26-,27-/m1/s1. The number of hydrogen-bond donors (Lipinski definition) is 2. The van der Waals surface area contributed by atoms with Crippen molar-refractivity contribution in [1.82, 2.24) is 14.9 Å². The summed E-state index contributed by atoms with van der Waals surface area (Å²) >= 11 is 5.90. The highest BCUT2D eigenvalue weighted by Gasteiger charge is 2.43. The first-order valence-electron chi connectivity index (χ1n) is 11.6. The van der Waals surface area contributed by atoms with Crippen molar-refractivity contribution >= 4 is 23.0 Å². The number of para-hydroxylation sites is 2. The lowest BCUT2D eigenvalue weighted by Crippen LogP contribution is -2.30. The summed E-state index contributed by atoms with van der Waals surface area (Å²) in [5.74, 6) is 1.60. The van der Waals surface area contributed by atoms with Gasteiger partial charge in [-0.2, -0.15) is 0 Å². The normalized spacial score (nSPS) is 17.2. The van der Waals surface area contributed by atoms with Crippen LogP contribution in [0, 0.1) is 13.8 Å². The van der Waals surface area contributed by atoms with Crippen LogP contribution in [0.15, 0.2) is 72.9 Å². The fraction of sp³-hybridized carbons (Fsp3) is 0.214. The lowest BCUT2D eigenvalue weighted by Gasteiger charge is -2.29. The van der Waals surface area contributed by atoms with Crippen molar-refractivity contribution in [2.75, 3.05) is 19.1 Å². The largest absolute Gasteiger partial charge is 0.506 e. The SMILES string of the molecule is COc1ccc(OC)c(N2C(=S)N[C@H](c3ccccn3)[C@H]2c2cc(C)n(-c3ccccc3O)c2C)c1. The van der Waals surface area contributed by atoms with E-state index in [0.717, 1.165) is 34.0 Å². The van der Waals surface area contributed by atoms with E-state index in [2.05, 4.69) is 32.8 Å². The molecule has 0 saturated carbocycles. The summed E-state index contributed by atoms with van der Waals surface area (Å²) in [6, 6.07) is 20.6. The predicted octanol–water partition coefficient (Wildman–Crippen LogP) is 5.39. The number of nitrogens with one attached hydrogen (secondary N) is 1. The van der Waals surface area contributed by atoms with E-state index in [1.807, 2.05) is 61.5 Å². The third kappa shape index (κ3) is 3.93. The van der Waals surface area contributed by atoms with Gasteiger partial charge in [0.15, 0.2) is 5.11 Å². The van der Waals surface area contributed by atoms with E-state index in [1.54, 1.807) is 26.5 Å². The Morgan fingerprint density at radius 1 is 0.944 bits per heavy atom. The van der Waals surface area contributed by atoms with Crippen LogP contribution in [0.1, 0.15) is 34.7 Å². The van der Waals surface area contributed by atoms with E-state index >= 15 is 0 Å². The maximum atomic E-state index is 10.6. The van der Waals surface area contributed by atoms with Crippen molar-refractivity contribution in [3.63, 3.8) is 0 Å². The first kappa shape index (κ1) is 23.7. The maximum absolute atomic E-state index is 10.6. The van der Waals surface area contributed by atoms with Gasteiger partial charge < -0.3 is 29.4 Å². The fourth-order valence-electron chi connectivity index (χ4n) is 5.03. The van der Waals surface area contributed by atoms with E-state index in [9.17, 15) is 5.11 Å². The van der Waals surface area contributed by atoms with Crippen LogP contribution in [0.2, 0.25) is 0 Å². The molecule has 1 fully saturated rings. The number of aryl methyl sites for hydroxylation is 1. The monoisotopic (exact) mass is 500 g/mol. The second-order valence-electron chi connectivity index (χ2n) is 8.68. The van der Waals surface area contributed by atoms with E-state index in [-0.39, 0.29) is 17.8 Å². The summed E-state index contributed by atoms with van der Waals surface area (Å²) in [6.07, 6.45) is 1.79. The molecule has 1 aliphatic heterocycles. The van der Waals surface area contributed by atoms with Gasteiger partial charge in [-0.25, -0.2) is 0 Å². The van der Waals surface area contributed by atoms with Gasteiger partial charge in [0.1, 0.15) is 17.2 Å². The van der Waals surface area contributed by atoms with Crippen molar-refractivity contribution < 1.29 is 14.6 Å². The molecule has 7 nitrogen and oxygen atoms in total. The van der Waals surface area contributed by atoms with Gasteiger partial charge in [0.2, 0.25) is 0 Å². The Hall–Kier alpha value is -4.04. The van der Waals surface area contributed by atoms with Crippen LogP contribution in [-0.2, 0) is 0 Å². The first-order valence-corrected chi connectivity index (χ1v) is 12.0. The average Bonchev–Trinajstić information content (AvgIpc) is 3.39. The smallest absolute Gasteiger partial charge is 0.174 e. The van der Waals surface area contributed by atoms with Gasteiger partial charge in [0.05, 0.1) is 43.4 Å². The molecule has 0 radical (unpaired) electrons. The number of nitrogens with zero attached hydrogens (tertiary/aromatic N) is 3. The molecule has 36 heavy (non-hydrogen) atoms. The number of phenolic OH excluding ortho intramolecular Hbond substituents is 1. The van der Waals surface area contributed by atoms with Gasteiger partial charge in [0, 0.05) is 23.7 Å². The molecule has 8 heteroatoms. The highest BCUT2D eigenvalue weighted by Crippen LogP contribution is 2.47. The molecule has 0 amide bonds. The second-order valence-corrected chi connectivity index (χ2v) is 9.07. The van der Waals surface area contributed by atoms with Crippen molar-refractivity contribution in [3.05, 3.63) is 95.6 Å². The van der Waals surface area contributed by atoms with Gasteiger partial charge in [-0.15, -0.1) is 0 Å². The molecule has 5 rings (SSSR count). The molecule has 1 aliphatic rings. The molecule has 0 bridgehead atoms. The summed E-state index contributed by atoms with van der Waals surface area (Å²) < 4.78 is 13.3. The first-order chi connectivity index (χ1) is 17.4. The second kappa shape index (κ2) is 9.54. The Morgan fingerprint density at radius 2 is 1.72 bits per heavy atom. The number of benzene rings is 2. The number of rotatable bonds is 6. The number of thiocarbonyl (C=S) groups is 1. The van der Waals surface area contributed by atoms with Gasteiger partial charge in [-0.1, -0.05) is 18.2 Å². The van der Waals surface area contributed by atoms with E-state index in [4.69, 9.17) is 21.7 Å². The maximum Gasteiger partial charge on any atom is 0.174 e. The Balaban J connectivity index is 1.73. The van der Waals surface area contributed by atoms with Crippen LogP contribution >= 0.6 is 12.2 Å². The zero-order valence-corrected chi connectivity index (χ0v) is 21.4. The molecule has 0 aliphatic carbocycles. The molecular formula is C28H28N4O3S. The Kier molecular flexibility index (Phi) is 6.28. The van der Waals surface area contributed by atoms with Crippen LogP contribution in [0.25, 0.3) is 5.69 Å². The van der Waals surface area contributed by atoms with Crippen LogP contribution < -0.4 is 19.7 Å². The van der Waals surface area contributed by atoms with E-state index in [0.29, 0.717) is 16.6 Å². The average molecular weight is 501 g/mol. The zero-order chi connectivity index (χ0) is 25.4.